The number of pyridine rings is 1. The van der Waals surface area contributed by atoms with Gasteiger partial charge in [-0.1, -0.05) is 29.3 Å². The van der Waals surface area contributed by atoms with Gasteiger partial charge in [0.05, 0.1) is 15.7 Å². The van der Waals surface area contributed by atoms with Crippen molar-refractivity contribution in [2.45, 2.75) is 6.92 Å². The molecule has 1 aromatic heterocycles. The molecule has 0 aliphatic carbocycles. The van der Waals surface area contributed by atoms with E-state index in [1.165, 1.54) is 18.2 Å². The molecule has 0 fully saturated rings. The molecular formula is C14H11Cl2FN4. The molecule has 21 heavy (non-hydrogen) atoms. The Kier molecular flexibility index (Phi) is 4.84. The first-order valence-corrected chi connectivity index (χ1v) is 6.88. The summed E-state index contributed by atoms with van der Waals surface area (Å²) in [5.74, 6) is 0.139. The van der Waals surface area contributed by atoms with E-state index in [1.807, 2.05) is 6.92 Å². The minimum absolute atomic E-state index is 0.102. The van der Waals surface area contributed by atoms with E-state index in [0.717, 1.165) is 0 Å². The van der Waals surface area contributed by atoms with E-state index < -0.39 is 5.82 Å². The molecule has 0 unspecified atom stereocenters. The van der Waals surface area contributed by atoms with Gasteiger partial charge in [-0.25, -0.2) is 9.37 Å². The van der Waals surface area contributed by atoms with Crippen LogP contribution in [0.15, 0.2) is 24.3 Å². The van der Waals surface area contributed by atoms with Crippen molar-refractivity contribution in [3.63, 3.8) is 0 Å². The van der Waals surface area contributed by atoms with Crippen LogP contribution in [0, 0.1) is 17.1 Å². The molecule has 7 heteroatoms. The Balaban J connectivity index is 2.43. The Hall–Kier alpha value is -2.03. The Morgan fingerprint density at radius 2 is 2.00 bits per heavy atom. The van der Waals surface area contributed by atoms with Gasteiger partial charge in [-0.2, -0.15) is 5.26 Å². The number of nitrogens with one attached hydrogen (secondary N) is 2. The molecule has 0 bridgehead atoms. The summed E-state index contributed by atoms with van der Waals surface area (Å²) in [6.45, 7) is 2.54. The predicted octanol–water partition coefficient (Wildman–Crippen LogP) is 4.57. The molecule has 2 N–H and O–H groups in total. The summed E-state index contributed by atoms with van der Waals surface area (Å²) in [6.07, 6.45) is 0. The standard InChI is InChI=1S/C14H11Cl2FN4/c1-2-19-13-9(15)6-10(16)14(21-13)20-12-5-3-4-11(17)8(12)7-18/h3-6H,2H2,1H3,(H2,19,20,21). The highest BCUT2D eigenvalue weighted by atomic mass is 35.5. The fourth-order valence-electron chi connectivity index (χ4n) is 1.72. The van der Waals surface area contributed by atoms with Crippen LogP contribution in [0.4, 0.5) is 21.7 Å². The summed E-state index contributed by atoms with van der Waals surface area (Å²) >= 11 is 12.1. The van der Waals surface area contributed by atoms with Crippen molar-refractivity contribution in [2.75, 3.05) is 17.2 Å². The van der Waals surface area contributed by atoms with Gasteiger partial charge in [0.1, 0.15) is 23.3 Å². The first kappa shape index (κ1) is 15.4. The predicted molar refractivity (Wildman–Crippen MR) is 82.8 cm³/mol. The van der Waals surface area contributed by atoms with Crippen LogP contribution in [-0.2, 0) is 0 Å². The summed E-state index contributed by atoms with van der Waals surface area (Å²) in [7, 11) is 0. The second-order valence-electron chi connectivity index (χ2n) is 4.08. The molecule has 4 nitrogen and oxygen atoms in total. The molecule has 1 aromatic carbocycles. The van der Waals surface area contributed by atoms with Crippen molar-refractivity contribution in [1.82, 2.24) is 4.98 Å². The van der Waals surface area contributed by atoms with E-state index in [2.05, 4.69) is 15.6 Å². The maximum absolute atomic E-state index is 13.6. The van der Waals surface area contributed by atoms with Crippen molar-refractivity contribution in [3.05, 3.63) is 45.7 Å². The fraction of sp³-hybridized carbons (Fsp3) is 0.143. The number of hydrogen-bond donors (Lipinski definition) is 2. The third-order valence-corrected chi connectivity index (χ3v) is 3.23. The Bertz CT molecular complexity index is 713. The highest BCUT2D eigenvalue weighted by Gasteiger charge is 2.13. The molecule has 0 amide bonds. The average molecular weight is 325 g/mol. The summed E-state index contributed by atoms with van der Waals surface area (Å²) in [6, 6.07) is 7.61. The monoisotopic (exact) mass is 324 g/mol. The molecule has 2 rings (SSSR count). The van der Waals surface area contributed by atoms with Crippen LogP contribution in [0.2, 0.25) is 10.0 Å². The van der Waals surface area contributed by atoms with Crippen LogP contribution in [0.3, 0.4) is 0 Å². The second-order valence-corrected chi connectivity index (χ2v) is 4.89. The summed E-state index contributed by atoms with van der Waals surface area (Å²) in [5, 5.41) is 15.5. The van der Waals surface area contributed by atoms with Crippen molar-refractivity contribution < 1.29 is 4.39 Å². The number of nitriles is 1. The Morgan fingerprint density at radius 3 is 2.67 bits per heavy atom. The number of hydrogen-bond acceptors (Lipinski definition) is 4. The lowest BCUT2D eigenvalue weighted by Crippen LogP contribution is -2.04. The highest BCUT2D eigenvalue weighted by molar-refractivity contribution is 6.37. The van der Waals surface area contributed by atoms with E-state index in [1.54, 1.807) is 12.1 Å². The van der Waals surface area contributed by atoms with Crippen LogP contribution in [0.1, 0.15) is 12.5 Å². The van der Waals surface area contributed by atoms with Gasteiger partial charge in [-0.05, 0) is 25.1 Å². The maximum Gasteiger partial charge on any atom is 0.151 e. The van der Waals surface area contributed by atoms with Gasteiger partial charge in [0.2, 0.25) is 0 Å². The van der Waals surface area contributed by atoms with Crippen molar-refractivity contribution >= 4 is 40.5 Å². The third-order valence-electron chi connectivity index (χ3n) is 2.65. The zero-order valence-corrected chi connectivity index (χ0v) is 12.6. The molecule has 0 saturated carbocycles. The lowest BCUT2D eigenvalue weighted by atomic mass is 10.2. The molecule has 108 valence electrons. The zero-order valence-electron chi connectivity index (χ0n) is 11.0. The number of nitrogens with zero attached hydrogens (tertiary/aromatic N) is 2. The van der Waals surface area contributed by atoms with E-state index in [9.17, 15) is 4.39 Å². The number of halogens is 3. The van der Waals surface area contributed by atoms with E-state index in [-0.39, 0.29) is 16.3 Å². The van der Waals surface area contributed by atoms with Crippen LogP contribution in [0.5, 0.6) is 0 Å². The molecule has 2 aromatic rings. The second kappa shape index (κ2) is 6.61. The smallest absolute Gasteiger partial charge is 0.151 e. The minimum atomic E-state index is -0.612. The summed E-state index contributed by atoms with van der Waals surface area (Å²) < 4.78 is 13.6. The van der Waals surface area contributed by atoms with E-state index >= 15 is 0 Å². The lowest BCUT2D eigenvalue weighted by Gasteiger charge is -2.12. The topological polar surface area (TPSA) is 60.7 Å². The number of aromatic nitrogens is 1. The number of benzene rings is 1. The maximum atomic E-state index is 13.6. The molecule has 0 atom stereocenters. The number of rotatable bonds is 4. The van der Waals surface area contributed by atoms with Crippen LogP contribution in [0.25, 0.3) is 0 Å². The van der Waals surface area contributed by atoms with E-state index in [4.69, 9.17) is 28.5 Å². The fourth-order valence-corrected chi connectivity index (χ4v) is 2.19. The third kappa shape index (κ3) is 3.35. The quantitative estimate of drug-likeness (QED) is 0.864. The van der Waals surface area contributed by atoms with Gasteiger partial charge in [-0.15, -0.1) is 0 Å². The van der Waals surface area contributed by atoms with Crippen LogP contribution < -0.4 is 10.6 Å². The molecule has 0 spiro atoms. The van der Waals surface area contributed by atoms with Gasteiger partial charge in [-0.3, -0.25) is 0 Å². The van der Waals surface area contributed by atoms with Crippen molar-refractivity contribution in [2.24, 2.45) is 0 Å². The molecule has 0 saturated heterocycles. The molecule has 1 heterocycles. The molecule has 0 aliphatic rings. The van der Waals surface area contributed by atoms with E-state index in [0.29, 0.717) is 23.2 Å². The Morgan fingerprint density at radius 1 is 1.29 bits per heavy atom. The molecule has 0 aliphatic heterocycles. The SMILES string of the molecule is CCNc1nc(Nc2cccc(F)c2C#N)c(Cl)cc1Cl. The first-order valence-electron chi connectivity index (χ1n) is 6.12. The van der Waals surface area contributed by atoms with Gasteiger partial charge < -0.3 is 10.6 Å². The van der Waals surface area contributed by atoms with Crippen LogP contribution in [-0.4, -0.2) is 11.5 Å². The van der Waals surface area contributed by atoms with Crippen molar-refractivity contribution in [1.29, 1.82) is 5.26 Å². The van der Waals surface area contributed by atoms with Gasteiger partial charge in [0.25, 0.3) is 0 Å². The first-order chi connectivity index (χ1) is 10.1. The zero-order chi connectivity index (χ0) is 15.4. The molecular weight excluding hydrogens is 314 g/mol. The lowest BCUT2D eigenvalue weighted by molar-refractivity contribution is 0.624. The largest absolute Gasteiger partial charge is 0.369 e. The average Bonchev–Trinajstić information content (AvgIpc) is 2.44. The Labute approximate surface area is 131 Å². The highest BCUT2D eigenvalue weighted by Crippen LogP contribution is 2.32. The minimum Gasteiger partial charge on any atom is -0.369 e. The van der Waals surface area contributed by atoms with Gasteiger partial charge in [0, 0.05) is 6.54 Å². The molecule has 0 radical (unpaired) electrons. The van der Waals surface area contributed by atoms with Gasteiger partial charge in [0.15, 0.2) is 5.82 Å². The van der Waals surface area contributed by atoms with Crippen LogP contribution >= 0.6 is 23.2 Å². The van der Waals surface area contributed by atoms with Crippen molar-refractivity contribution in [3.8, 4) is 6.07 Å². The summed E-state index contributed by atoms with van der Waals surface area (Å²) in [5.41, 5.74) is 0.187. The normalized spacial score (nSPS) is 10.0. The number of anilines is 3. The summed E-state index contributed by atoms with van der Waals surface area (Å²) in [4.78, 5) is 4.24. The van der Waals surface area contributed by atoms with Gasteiger partial charge >= 0.3 is 0 Å².